The topological polar surface area (TPSA) is 24.4 Å². The Morgan fingerprint density at radius 1 is 1.06 bits per heavy atom. The fourth-order valence-electron chi connectivity index (χ4n) is 1.44. The van der Waals surface area contributed by atoms with E-state index in [0.29, 0.717) is 5.69 Å². The highest BCUT2D eigenvalue weighted by molar-refractivity contribution is 5.63. The van der Waals surface area contributed by atoms with Gasteiger partial charge in [0, 0.05) is 12.6 Å². The monoisotopic (exact) mass is 228 g/mol. The average Bonchev–Trinajstić information content (AvgIpc) is 2.36. The van der Waals surface area contributed by atoms with Gasteiger partial charge in [-0.2, -0.15) is 5.10 Å². The van der Waals surface area contributed by atoms with Gasteiger partial charge in [-0.1, -0.05) is 36.4 Å². The molecular formula is C14H13FN2. The molecule has 0 radical (unpaired) electrons. The van der Waals surface area contributed by atoms with E-state index in [1.165, 1.54) is 17.7 Å². The van der Waals surface area contributed by atoms with Gasteiger partial charge in [-0.3, -0.25) is 5.43 Å². The molecule has 0 fully saturated rings. The first-order valence-electron chi connectivity index (χ1n) is 5.41. The maximum atomic E-state index is 12.8. The van der Waals surface area contributed by atoms with E-state index in [0.717, 1.165) is 6.42 Å². The highest BCUT2D eigenvalue weighted by Gasteiger charge is 1.91. The minimum Gasteiger partial charge on any atom is -0.279 e. The summed E-state index contributed by atoms with van der Waals surface area (Å²) in [6.45, 7) is 0. The summed E-state index contributed by atoms with van der Waals surface area (Å²) in [5.74, 6) is -0.270. The first-order chi connectivity index (χ1) is 8.34. The van der Waals surface area contributed by atoms with Gasteiger partial charge in [0.05, 0.1) is 5.69 Å². The molecule has 0 saturated carbocycles. The van der Waals surface area contributed by atoms with Crippen molar-refractivity contribution in [1.82, 2.24) is 0 Å². The maximum Gasteiger partial charge on any atom is 0.125 e. The van der Waals surface area contributed by atoms with Crippen molar-refractivity contribution in [1.29, 1.82) is 0 Å². The predicted octanol–water partition coefficient (Wildman–Crippen LogP) is 3.47. The zero-order valence-corrected chi connectivity index (χ0v) is 9.31. The minimum absolute atomic E-state index is 0.270. The normalized spacial score (nSPS) is 10.6. The zero-order chi connectivity index (χ0) is 11.9. The molecule has 0 aliphatic rings. The van der Waals surface area contributed by atoms with Gasteiger partial charge in [-0.05, 0) is 23.8 Å². The third-order valence-electron chi connectivity index (χ3n) is 2.28. The second kappa shape index (κ2) is 5.80. The molecule has 0 aromatic heterocycles. The van der Waals surface area contributed by atoms with E-state index in [9.17, 15) is 4.39 Å². The SMILES string of the molecule is Fc1cccc(N/N=C/Cc2ccccc2)c1. The molecule has 2 rings (SSSR count). The van der Waals surface area contributed by atoms with Crippen molar-refractivity contribution in [2.45, 2.75) is 6.42 Å². The van der Waals surface area contributed by atoms with E-state index in [1.807, 2.05) is 30.3 Å². The number of hydrogen-bond donors (Lipinski definition) is 1. The minimum atomic E-state index is -0.270. The summed E-state index contributed by atoms with van der Waals surface area (Å²) < 4.78 is 12.8. The summed E-state index contributed by atoms with van der Waals surface area (Å²) >= 11 is 0. The van der Waals surface area contributed by atoms with E-state index < -0.39 is 0 Å². The van der Waals surface area contributed by atoms with E-state index in [-0.39, 0.29) is 5.82 Å². The highest BCUT2D eigenvalue weighted by Crippen LogP contribution is 2.08. The second-order valence-corrected chi connectivity index (χ2v) is 3.62. The molecule has 0 amide bonds. The van der Waals surface area contributed by atoms with E-state index >= 15 is 0 Å². The molecule has 0 saturated heterocycles. The van der Waals surface area contributed by atoms with Crippen molar-refractivity contribution >= 4 is 11.9 Å². The predicted molar refractivity (Wildman–Crippen MR) is 68.7 cm³/mol. The number of benzene rings is 2. The van der Waals surface area contributed by atoms with E-state index in [2.05, 4.69) is 10.5 Å². The van der Waals surface area contributed by atoms with Gasteiger partial charge in [0.2, 0.25) is 0 Å². The molecule has 0 bridgehead atoms. The van der Waals surface area contributed by atoms with Crippen LogP contribution in [0.5, 0.6) is 0 Å². The lowest BCUT2D eigenvalue weighted by atomic mass is 10.2. The third kappa shape index (κ3) is 3.72. The molecule has 0 atom stereocenters. The molecule has 17 heavy (non-hydrogen) atoms. The quantitative estimate of drug-likeness (QED) is 0.629. The molecule has 0 aliphatic heterocycles. The first-order valence-corrected chi connectivity index (χ1v) is 5.41. The average molecular weight is 228 g/mol. The van der Waals surface area contributed by atoms with Crippen LogP contribution < -0.4 is 5.43 Å². The summed E-state index contributed by atoms with van der Waals surface area (Å²) in [7, 11) is 0. The summed E-state index contributed by atoms with van der Waals surface area (Å²) in [5.41, 5.74) is 4.62. The Balaban J connectivity index is 1.86. The summed E-state index contributed by atoms with van der Waals surface area (Å²) in [6.07, 6.45) is 2.52. The molecule has 3 heteroatoms. The number of halogens is 1. The molecule has 0 heterocycles. The molecule has 2 nitrogen and oxygen atoms in total. The Morgan fingerprint density at radius 2 is 1.88 bits per heavy atom. The van der Waals surface area contributed by atoms with Crippen LogP contribution in [0.1, 0.15) is 5.56 Å². The molecule has 86 valence electrons. The van der Waals surface area contributed by atoms with Gasteiger partial charge in [0.15, 0.2) is 0 Å². The zero-order valence-electron chi connectivity index (χ0n) is 9.31. The van der Waals surface area contributed by atoms with Crippen LogP contribution in [-0.4, -0.2) is 6.21 Å². The number of nitrogens with zero attached hydrogens (tertiary/aromatic N) is 1. The van der Waals surface area contributed by atoms with Crippen LogP contribution in [0.4, 0.5) is 10.1 Å². The number of nitrogens with one attached hydrogen (secondary N) is 1. The van der Waals surface area contributed by atoms with Gasteiger partial charge in [0.25, 0.3) is 0 Å². The highest BCUT2D eigenvalue weighted by atomic mass is 19.1. The lowest BCUT2D eigenvalue weighted by molar-refractivity contribution is 0.628. The standard InChI is InChI=1S/C14H13FN2/c15-13-7-4-8-14(11-13)17-16-10-9-12-5-2-1-3-6-12/h1-8,10-11,17H,9H2/b16-10+. The fraction of sp³-hybridized carbons (Fsp3) is 0.0714. The Bertz CT molecular complexity index is 495. The molecule has 0 aliphatic carbocycles. The van der Waals surface area contributed by atoms with Crippen molar-refractivity contribution in [2.24, 2.45) is 5.10 Å². The lowest BCUT2D eigenvalue weighted by Gasteiger charge is -1.99. The van der Waals surface area contributed by atoms with Crippen molar-refractivity contribution in [3.63, 3.8) is 0 Å². The summed E-state index contributed by atoms with van der Waals surface area (Å²) in [4.78, 5) is 0. The smallest absolute Gasteiger partial charge is 0.125 e. The fourth-order valence-corrected chi connectivity index (χ4v) is 1.44. The summed E-state index contributed by atoms with van der Waals surface area (Å²) in [6, 6.07) is 16.2. The molecule has 2 aromatic rings. The maximum absolute atomic E-state index is 12.8. The molecular weight excluding hydrogens is 215 g/mol. The van der Waals surface area contributed by atoms with Crippen LogP contribution in [-0.2, 0) is 6.42 Å². The first kappa shape index (κ1) is 11.3. The van der Waals surface area contributed by atoms with Crippen molar-refractivity contribution in [3.8, 4) is 0 Å². The van der Waals surface area contributed by atoms with Crippen LogP contribution in [0.15, 0.2) is 59.7 Å². The van der Waals surface area contributed by atoms with Crippen molar-refractivity contribution < 1.29 is 4.39 Å². The molecule has 1 N–H and O–H groups in total. The van der Waals surface area contributed by atoms with Crippen molar-refractivity contribution in [2.75, 3.05) is 5.43 Å². The summed E-state index contributed by atoms with van der Waals surface area (Å²) in [5, 5.41) is 4.04. The van der Waals surface area contributed by atoms with Crippen LogP contribution in [0, 0.1) is 5.82 Å². The number of hydrazone groups is 1. The van der Waals surface area contributed by atoms with Crippen LogP contribution >= 0.6 is 0 Å². The second-order valence-electron chi connectivity index (χ2n) is 3.62. The van der Waals surface area contributed by atoms with Gasteiger partial charge in [-0.25, -0.2) is 4.39 Å². The number of rotatable bonds is 4. The van der Waals surface area contributed by atoms with E-state index in [1.54, 1.807) is 18.3 Å². The number of anilines is 1. The molecule has 0 spiro atoms. The lowest BCUT2D eigenvalue weighted by Crippen LogP contribution is -1.92. The van der Waals surface area contributed by atoms with Gasteiger partial charge >= 0.3 is 0 Å². The van der Waals surface area contributed by atoms with Gasteiger partial charge in [0.1, 0.15) is 5.82 Å². The Labute approximate surface area is 99.8 Å². The van der Waals surface area contributed by atoms with E-state index in [4.69, 9.17) is 0 Å². The molecule has 2 aromatic carbocycles. The van der Waals surface area contributed by atoms with Gasteiger partial charge in [-0.15, -0.1) is 0 Å². The van der Waals surface area contributed by atoms with Crippen LogP contribution in [0.3, 0.4) is 0 Å². The van der Waals surface area contributed by atoms with Crippen LogP contribution in [0.2, 0.25) is 0 Å². The third-order valence-corrected chi connectivity index (χ3v) is 2.28. The molecule has 0 unspecified atom stereocenters. The largest absolute Gasteiger partial charge is 0.279 e. The Morgan fingerprint density at radius 3 is 2.65 bits per heavy atom. The van der Waals surface area contributed by atoms with Gasteiger partial charge < -0.3 is 0 Å². The van der Waals surface area contributed by atoms with Crippen LogP contribution in [0.25, 0.3) is 0 Å². The number of hydrogen-bond acceptors (Lipinski definition) is 2. The Hall–Kier alpha value is -2.16. The Kier molecular flexibility index (Phi) is 3.86. The van der Waals surface area contributed by atoms with Crippen molar-refractivity contribution in [3.05, 3.63) is 66.0 Å².